The Kier molecular flexibility index (Phi) is 3.60. The van der Waals surface area contributed by atoms with Crippen LogP contribution >= 0.6 is 0 Å². The molecular formula is C17H15NO3. The van der Waals surface area contributed by atoms with E-state index in [4.69, 9.17) is 15.2 Å². The van der Waals surface area contributed by atoms with Crippen molar-refractivity contribution in [3.8, 4) is 11.5 Å². The zero-order valence-corrected chi connectivity index (χ0v) is 11.4. The first-order valence-electron chi connectivity index (χ1n) is 6.67. The molecule has 2 aromatic rings. The highest BCUT2D eigenvalue weighted by atomic mass is 16.5. The molecule has 0 spiro atoms. The summed E-state index contributed by atoms with van der Waals surface area (Å²) in [4.78, 5) is 11.0. The van der Waals surface area contributed by atoms with Crippen LogP contribution in [-0.2, 0) is 6.42 Å². The average molecular weight is 281 g/mol. The molecule has 0 radical (unpaired) electrons. The molecule has 21 heavy (non-hydrogen) atoms. The fraction of sp³-hybridized carbons (Fsp3) is 0.118. The second-order valence-electron chi connectivity index (χ2n) is 4.87. The van der Waals surface area contributed by atoms with E-state index in [2.05, 4.69) is 0 Å². The van der Waals surface area contributed by atoms with Gasteiger partial charge in [0.1, 0.15) is 6.61 Å². The van der Waals surface area contributed by atoms with Gasteiger partial charge in [-0.3, -0.25) is 4.79 Å². The highest BCUT2D eigenvalue weighted by Crippen LogP contribution is 2.29. The van der Waals surface area contributed by atoms with E-state index < -0.39 is 5.91 Å². The summed E-state index contributed by atoms with van der Waals surface area (Å²) in [5, 5.41) is 0. The molecule has 0 fully saturated rings. The molecule has 2 aromatic carbocycles. The fourth-order valence-corrected chi connectivity index (χ4v) is 2.16. The molecule has 0 saturated heterocycles. The third-order valence-electron chi connectivity index (χ3n) is 3.28. The van der Waals surface area contributed by atoms with Crippen molar-refractivity contribution < 1.29 is 14.3 Å². The number of benzene rings is 2. The number of carbonyl (C=O) groups excluding carboxylic acids is 1. The first-order valence-corrected chi connectivity index (χ1v) is 6.67. The van der Waals surface area contributed by atoms with E-state index in [0.29, 0.717) is 18.6 Å². The van der Waals surface area contributed by atoms with E-state index >= 15 is 0 Å². The van der Waals surface area contributed by atoms with Crippen LogP contribution in [0.3, 0.4) is 0 Å². The number of primary amides is 1. The maximum Gasteiger partial charge on any atom is 0.248 e. The molecule has 0 aliphatic carbocycles. The zero-order valence-electron chi connectivity index (χ0n) is 11.4. The van der Waals surface area contributed by atoms with Crippen molar-refractivity contribution in [2.24, 2.45) is 5.73 Å². The van der Waals surface area contributed by atoms with Crippen LogP contribution in [0.15, 0.2) is 60.4 Å². The van der Waals surface area contributed by atoms with Crippen molar-refractivity contribution in [1.82, 2.24) is 0 Å². The molecule has 1 heterocycles. The van der Waals surface area contributed by atoms with Gasteiger partial charge in [0.15, 0.2) is 11.5 Å². The Morgan fingerprint density at radius 2 is 1.76 bits per heavy atom. The van der Waals surface area contributed by atoms with Crippen LogP contribution in [0.1, 0.15) is 15.9 Å². The Morgan fingerprint density at radius 1 is 1.05 bits per heavy atom. The molecule has 0 aromatic heterocycles. The fourth-order valence-electron chi connectivity index (χ4n) is 2.16. The highest BCUT2D eigenvalue weighted by Gasteiger charge is 2.11. The number of fused-ring (bicyclic) bond motifs is 1. The van der Waals surface area contributed by atoms with Crippen molar-refractivity contribution in [1.29, 1.82) is 0 Å². The van der Waals surface area contributed by atoms with Crippen LogP contribution in [0.25, 0.3) is 0 Å². The summed E-state index contributed by atoms with van der Waals surface area (Å²) < 4.78 is 11.4. The van der Waals surface area contributed by atoms with Gasteiger partial charge in [-0.2, -0.15) is 0 Å². The van der Waals surface area contributed by atoms with E-state index in [0.717, 1.165) is 22.6 Å². The normalized spacial score (nSPS) is 13.2. The number of nitrogens with two attached hydrogens (primary N) is 1. The average Bonchev–Trinajstić information content (AvgIpc) is 2.71. The molecule has 4 nitrogen and oxygen atoms in total. The maximum absolute atomic E-state index is 11.0. The maximum atomic E-state index is 11.0. The topological polar surface area (TPSA) is 61.6 Å². The van der Waals surface area contributed by atoms with Crippen molar-refractivity contribution in [3.63, 3.8) is 0 Å². The van der Waals surface area contributed by atoms with Crippen molar-refractivity contribution in [2.45, 2.75) is 6.42 Å². The van der Waals surface area contributed by atoms with E-state index in [9.17, 15) is 4.79 Å². The van der Waals surface area contributed by atoms with Gasteiger partial charge in [-0.25, -0.2) is 0 Å². The summed E-state index contributed by atoms with van der Waals surface area (Å²) in [7, 11) is 0. The molecule has 0 bridgehead atoms. The van der Waals surface area contributed by atoms with Crippen LogP contribution in [0, 0.1) is 0 Å². The summed E-state index contributed by atoms with van der Waals surface area (Å²) in [6.45, 7) is 0.481. The van der Waals surface area contributed by atoms with E-state index in [1.807, 2.05) is 36.4 Å². The number of para-hydroxylation sites is 2. The summed E-state index contributed by atoms with van der Waals surface area (Å²) in [6.07, 6.45) is 2.43. The van der Waals surface area contributed by atoms with E-state index in [1.165, 1.54) is 0 Å². The van der Waals surface area contributed by atoms with Crippen LogP contribution in [-0.4, -0.2) is 12.5 Å². The first kappa shape index (κ1) is 13.2. The Labute approximate surface area is 122 Å². The molecule has 4 heteroatoms. The van der Waals surface area contributed by atoms with Gasteiger partial charge in [-0.05, 0) is 29.8 Å². The van der Waals surface area contributed by atoms with Gasteiger partial charge in [0.05, 0.1) is 6.26 Å². The van der Waals surface area contributed by atoms with Gasteiger partial charge < -0.3 is 15.2 Å². The second kappa shape index (κ2) is 5.71. The number of rotatable bonds is 3. The number of hydrogen-bond acceptors (Lipinski definition) is 3. The van der Waals surface area contributed by atoms with E-state index in [-0.39, 0.29) is 0 Å². The van der Waals surface area contributed by atoms with Crippen LogP contribution in [0.5, 0.6) is 11.5 Å². The number of ether oxygens (including phenoxy) is 2. The summed E-state index contributed by atoms with van der Waals surface area (Å²) >= 11 is 0. The molecule has 3 rings (SSSR count). The Balaban J connectivity index is 1.71. The zero-order chi connectivity index (χ0) is 14.7. The SMILES string of the molecule is NC(=O)c1ccc(CC2=COc3ccccc3OC2)cc1. The lowest BCUT2D eigenvalue weighted by Crippen LogP contribution is -2.10. The Bertz CT molecular complexity index is 689. The highest BCUT2D eigenvalue weighted by molar-refractivity contribution is 5.92. The quantitative estimate of drug-likeness (QED) is 0.940. The number of amides is 1. The third-order valence-corrected chi connectivity index (χ3v) is 3.28. The van der Waals surface area contributed by atoms with Crippen LogP contribution in [0.4, 0.5) is 0 Å². The molecular weight excluding hydrogens is 266 g/mol. The molecule has 0 unspecified atom stereocenters. The minimum atomic E-state index is -0.419. The predicted octanol–water partition coefficient (Wildman–Crippen LogP) is 2.68. The minimum absolute atomic E-state index is 0.419. The smallest absolute Gasteiger partial charge is 0.248 e. The molecule has 1 aliphatic heterocycles. The second-order valence-corrected chi connectivity index (χ2v) is 4.87. The van der Waals surface area contributed by atoms with Crippen molar-refractivity contribution >= 4 is 5.91 Å². The van der Waals surface area contributed by atoms with Gasteiger partial charge >= 0.3 is 0 Å². The van der Waals surface area contributed by atoms with Crippen LogP contribution < -0.4 is 15.2 Å². The monoisotopic (exact) mass is 281 g/mol. The molecule has 2 N–H and O–H groups in total. The molecule has 1 aliphatic rings. The van der Waals surface area contributed by atoms with Gasteiger partial charge in [0, 0.05) is 17.6 Å². The summed E-state index contributed by atoms with van der Waals surface area (Å²) in [6, 6.07) is 14.8. The third kappa shape index (κ3) is 3.05. The first-order chi connectivity index (χ1) is 10.2. The summed E-state index contributed by atoms with van der Waals surface area (Å²) in [5.74, 6) is 1.04. The number of carbonyl (C=O) groups is 1. The Morgan fingerprint density at radius 3 is 2.48 bits per heavy atom. The van der Waals surface area contributed by atoms with Crippen molar-refractivity contribution in [3.05, 3.63) is 71.5 Å². The molecule has 0 saturated carbocycles. The summed E-state index contributed by atoms with van der Waals surface area (Å²) in [5.41, 5.74) is 7.83. The lowest BCUT2D eigenvalue weighted by Gasteiger charge is -2.07. The van der Waals surface area contributed by atoms with Gasteiger partial charge in [0.25, 0.3) is 0 Å². The standard InChI is InChI=1S/C17H15NO3/c18-17(19)14-7-5-12(6-8-14)9-13-10-20-15-3-1-2-4-16(15)21-11-13/h1-8,10H,9,11H2,(H2,18,19). The Hall–Kier alpha value is -2.75. The largest absolute Gasteiger partial charge is 0.485 e. The van der Waals surface area contributed by atoms with Crippen molar-refractivity contribution in [2.75, 3.05) is 6.61 Å². The lowest BCUT2D eigenvalue weighted by molar-refractivity contribution is 0.100. The molecule has 0 atom stereocenters. The molecule has 1 amide bonds. The van der Waals surface area contributed by atoms with E-state index in [1.54, 1.807) is 18.4 Å². The lowest BCUT2D eigenvalue weighted by atomic mass is 10.0. The minimum Gasteiger partial charge on any atom is -0.485 e. The van der Waals surface area contributed by atoms with Gasteiger partial charge in [0.2, 0.25) is 5.91 Å². The van der Waals surface area contributed by atoms with Gasteiger partial charge in [-0.15, -0.1) is 0 Å². The van der Waals surface area contributed by atoms with Gasteiger partial charge in [-0.1, -0.05) is 24.3 Å². The predicted molar refractivity (Wildman–Crippen MR) is 79.3 cm³/mol. The molecule has 106 valence electrons. The number of hydrogen-bond donors (Lipinski definition) is 1. The van der Waals surface area contributed by atoms with Crippen LogP contribution in [0.2, 0.25) is 0 Å².